The largest absolute Gasteiger partial charge is 0.497 e. The molecular formula is C20H24ClN3O2. The van der Waals surface area contributed by atoms with Crippen LogP contribution in [-0.4, -0.2) is 29.8 Å². The van der Waals surface area contributed by atoms with E-state index in [0.29, 0.717) is 25.3 Å². The van der Waals surface area contributed by atoms with E-state index in [4.69, 9.17) is 10.5 Å². The number of amidine groups is 1. The summed E-state index contributed by atoms with van der Waals surface area (Å²) >= 11 is 0. The van der Waals surface area contributed by atoms with E-state index < -0.39 is 0 Å². The van der Waals surface area contributed by atoms with Gasteiger partial charge in [-0.1, -0.05) is 42.5 Å². The normalized spacial score (nSPS) is 17.1. The molecule has 5 nitrogen and oxygen atoms in total. The van der Waals surface area contributed by atoms with Gasteiger partial charge in [-0.2, -0.15) is 0 Å². The quantitative estimate of drug-likeness (QED) is 0.624. The van der Waals surface area contributed by atoms with Crippen molar-refractivity contribution in [3.8, 4) is 5.75 Å². The van der Waals surface area contributed by atoms with Gasteiger partial charge in [0.15, 0.2) is 0 Å². The molecular weight excluding hydrogens is 350 g/mol. The molecule has 1 heterocycles. The van der Waals surface area contributed by atoms with Gasteiger partial charge in [-0.15, -0.1) is 12.4 Å². The number of carbonyl (C=O) groups is 1. The number of methoxy groups -OCH3 is 1. The van der Waals surface area contributed by atoms with Crippen LogP contribution in [0.5, 0.6) is 5.75 Å². The molecule has 2 N–H and O–H groups in total. The molecule has 2 aromatic carbocycles. The molecule has 0 spiro atoms. The van der Waals surface area contributed by atoms with Crippen molar-refractivity contribution in [1.29, 1.82) is 0 Å². The fourth-order valence-corrected chi connectivity index (χ4v) is 3.04. The van der Waals surface area contributed by atoms with Gasteiger partial charge in [0.2, 0.25) is 5.91 Å². The molecule has 0 aromatic heterocycles. The maximum atomic E-state index is 12.3. The minimum Gasteiger partial charge on any atom is -0.497 e. The van der Waals surface area contributed by atoms with Crippen LogP contribution >= 0.6 is 12.4 Å². The number of aliphatic imine (C=N–C) groups is 1. The summed E-state index contributed by atoms with van der Waals surface area (Å²) < 4.78 is 5.17. The molecule has 2 aromatic rings. The molecule has 6 heteroatoms. The number of nitrogens with two attached hydrogens (primary N) is 1. The maximum absolute atomic E-state index is 12.3. The third-order valence-electron chi connectivity index (χ3n) is 4.47. The van der Waals surface area contributed by atoms with Gasteiger partial charge in [0, 0.05) is 13.0 Å². The van der Waals surface area contributed by atoms with Crippen LogP contribution in [0.3, 0.4) is 0 Å². The summed E-state index contributed by atoms with van der Waals surface area (Å²) in [6.45, 7) is 1.07. The summed E-state index contributed by atoms with van der Waals surface area (Å²) in [4.78, 5) is 18.6. The number of rotatable bonds is 6. The molecule has 138 valence electrons. The first-order valence-electron chi connectivity index (χ1n) is 8.43. The number of halogens is 1. The van der Waals surface area contributed by atoms with Crippen LogP contribution in [0, 0.1) is 0 Å². The van der Waals surface area contributed by atoms with Gasteiger partial charge < -0.3 is 15.4 Å². The summed E-state index contributed by atoms with van der Waals surface area (Å²) in [5.41, 5.74) is 8.38. The zero-order valence-electron chi connectivity index (χ0n) is 14.8. The van der Waals surface area contributed by atoms with Crippen LogP contribution in [0.15, 0.2) is 59.6 Å². The lowest BCUT2D eigenvalue weighted by molar-refractivity contribution is -0.128. The fraction of sp³-hybridized carbons (Fsp3) is 0.300. The van der Waals surface area contributed by atoms with Gasteiger partial charge in [0.05, 0.1) is 19.7 Å². The lowest BCUT2D eigenvalue weighted by Gasteiger charge is -2.24. The van der Waals surface area contributed by atoms with Crippen molar-refractivity contribution in [2.75, 3.05) is 7.11 Å². The topological polar surface area (TPSA) is 67.9 Å². The Balaban J connectivity index is 0.00000243. The first kappa shape index (κ1) is 19.8. The Morgan fingerprint density at radius 3 is 2.50 bits per heavy atom. The Hall–Kier alpha value is -2.53. The Kier molecular flexibility index (Phi) is 7.04. The van der Waals surface area contributed by atoms with Gasteiger partial charge in [-0.3, -0.25) is 9.79 Å². The number of ether oxygens (including phenoxy) is 1. The van der Waals surface area contributed by atoms with Gasteiger partial charge in [0.25, 0.3) is 0 Å². The van der Waals surface area contributed by atoms with Crippen molar-refractivity contribution in [2.24, 2.45) is 10.7 Å². The summed E-state index contributed by atoms with van der Waals surface area (Å²) in [5.74, 6) is 1.46. The standard InChI is InChI=1S/C20H23N3O2.ClH/c1-25-17-9-7-16(8-10-17)14-23-18(11-12-19(23)24)20(21)22-13-15-5-3-2-4-6-15;/h2-10,18H,11-14H2,1H3,(H2,21,22);1H/t18-;/m0./s1. The van der Waals surface area contributed by atoms with E-state index >= 15 is 0 Å². The lowest BCUT2D eigenvalue weighted by Crippen LogP contribution is -2.42. The van der Waals surface area contributed by atoms with Crippen LogP contribution in [-0.2, 0) is 17.9 Å². The first-order valence-corrected chi connectivity index (χ1v) is 8.43. The van der Waals surface area contributed by atoms with E-state index in [0.717, 1.165) is 23.3 Å². The van der Waals surface area contributed by atoms with Crippen molar-refractivity contribution in [3.05, 3.63) is 65.7 Å². The molecule has 0 aliphatic carbocycles. The zero-order chi connectivity index (χ0) is 17.6. The molecule has 1 aliphatic heterocycles. The van der Waals surface area contributed by atoms with Crippen LogP contribution in [0.2, 0.25) is 0 Å². The predicted molar refractivity (Wildman–Crippen MR) is 106 cm³/mol. The highest BCUT2D eigenvalue weighted by molar-refractivity contribution is 5.93. The van der Waals surface area contributed by atoms with E-state index in [1.807, 2.05) is 59.5 Å². The van der Waals surface area contributed by atoms with Crippen molar-refractivity contribution in [1.82, 2.24) is 4.90 Å². The summed E-state index contributed by atoms with van der Waals surface area (Å²) in [6, 6.07) is 17.6. The lowest BCUT2D eigenvalue weighted by atomic mass is 10.1. The molecule has 1 atom stereocenters. The van der Waals surface area contributed by atoms with Gasteiger partial charge in [-0.25, -0.2) is 0 Å². The van der Waals surface area contributed by atoms with E-state index in [-0.39, 0.29) is 24.4 Å². The number of carbonyl (C=O) groups excluding carboxylic acids is 1. The number of hydrogen-bond acceptors (Lipinski definition) is 3. The minimum atomic E-state index is -0.127. The Morgan fingerprint density at radius 1 is 1.15 bits per heavy atom. The van der Waals surface area contributed by atoms with E-state index in [1.165, 1.54) is 0 Å². The van der Waals surface area contributed by atoms with Crippen molar-refractivity contribution in [3.63, 3.8) is 0 Å². The summed E-state index contributed by atoms with van der Waals surface area (Å²) in [6.07, 6.45) is 1.24. The molecule has 26 heavy (non-hydrogen) atoms. The molecule has 1 fully saturated rings. The summed E-state index contributed by atoms with van der Waals surface area (Å²) in [7, 11) is 1.64. The average Bonchev–Trinajstić information content (AvgIpc) is 3.02. The highest BCUT2D eigenvalue weighted by Gasteiger charge is 2.33. The first-order chi connectivity index (χ1) is 12.2. The van der Waals surface area contributed by atoms with Crippen LogP contribution in [0.4, 0.5) is 0 Å². The average molecular weight is 374 g/mol. The minimum absolute atomic E-state index is 0. The Bertz CT molecular complexity index is 747. The third kappa shape index (κ3) is 4.76. The second-order valence-corrected chi connectivity index (χ2v) is 6.15. The van der Waals surface area contributed by atoms with Crippen LogP contribution < -0.4 is 10.5 Å². The Morgan fingerprint density at radius 2 is 1.85 bits per heavy atom. The number of hydrogen-bond donors (Lipinski definition) is 1. The van der Waals surface area contributed by atoms with E-state index in [2.05, 4.69) is 4.99 Å². The van der Waals surface area contributed by atoms with Gasteiger partial charge >= 0.3 is 0 Å². The predicted octanol–water partition coefficient (Wildman–Crippen LogP) is 3.17. The molecule has 0 saturated carbocycles. The third-order valence-corrected chi connectivity index (χ3v) is 4.47. The van der Waals surface area contributed by atoms with Gasteiger partial charge in [0.1, 0.15) is 11.6 Å². The zero-order valence-corrected chi connectivity index (χ0v) is 15.6. The van der Waals surface area contributed by atoms with Crippen molar-refractivity contribution >= 4 is 24.1 Å². The molecule has 1 amide bonds. The number of likely N-dealkylation sites (tertiary alicyclic amines) is 1. The summed E-state index contributed by atoms with van der Waals surface area (Å²) in [5, 5.41) is 0. The highest BCUT2D eigenvalue weighted by Crippen LogP contribution is 2.23. The van der Waals surface area contributed by atoms with Crippen LogP contribution in [0.25, 0.3) is 0 Å². The number of benzene rings is 2. The monoisotopic (exact) mass is 373 g/mol. The van der Waals surface area contributed by atoms with E-state index in [9.17, 15) is 4.79 Å². The molecule has 0 radical (unpaired) electrons. The van der Waals surface area contributed by atoms with Crippen molar-refractivity contribution in [2.45, 2.75) is 32.0 Å². The molecule has 0 bridgehead atoms. The SMILES string of the molecule is COc1ccc(CN2C(=O)CC[C@H]2C(N)=NCc2ccccc2)cc1.Cl. The fourth-order valence-electron chi connectivity index (χ4n) is 3.04. The van der Waals surface area contributed by atoms with E-state index in [1.54, 1.807) is 7.11 Å². The molecule has 1 aliphatic rings. The smallest absolute Gasteiger partial charge is 0.223 e. The Labute approximate surface area is 160 Å². The highest BCUT2D eigenvalue weighted by atomic mass is 35.5. The van der Waals surface area contributed by atoms with Crippen LogP contribution in [0.1, 0.15) is 24.0 Å². The molecule has 1 saturated heterocycles. The second kappa shape index (κ2) is 9.25. The van der Waals surface area contributed by atoms with Gasteiger partial charge in [-0.05, 0) is 29.7 Å². The molecule has 3 rings (SSSR count). The second-order valence-electron chi connectivity index (χ2n) is 6.15. The maximum Gasteiger partial charge on any atom is 0.223 e. The number of nitrogens with zero attached hydrogens (tertiary/aromatic N) is 2. The van der Waals surface area contributed by atoms with Crippen molar-refractivity contribution < 1.29 is 9.53 Å². The molecule has 0 unspecified atom stereocenters. The number of amides is 1.